The molecule has 0 saturated carbocycles. The predicted molar refractivity (Wildman–Crippen MR) is 78.3 cm³/mol. The zero-order valence-corrected chi connectivity index (χ0v) is 11.9. The number of hydrogen-bond acceptors (Lipinski definition) is 3. The fourth-order valence-electron chi connectivity index (χ4n) is 1.80. The summed E-state index contributed by atoms with van der Waals surface area (Å²) >= 11 is 0. The minimum absolute atomic E-state index is 0.156. The van der Waals surface area contributed by atoms with Gasteiger partial charge in [0.1, 0.15) is 5.82 Å². The first-order chi connectivity index (χ1) is 10.1. The Hall–Kier alpha value is -2.56. The molecule has 1 amide bonds. The number of halogens is 1. The highest BCUT2D eigenvalue weighted by atomic mass is 19.1. The van der Waals surface area contributed by atoms with Crippen molar-refractivity contribution in [1.29, 1.82) is 0 Å². The topological polar surface area (TPSA) is 47.6 Å². The van der Waals surface area contributed by atoms with E-state index in [9.17, 15) is 9.18 Å². The first-order valence-corrected chi connectivity index (χ1v) is 6.42. The van der Waals surface area contributed by atoms with Crippen LogP contribution in [0.15, 0.2) is 42.5 Å². The van der Waals surface area contributed by atoms with Gasteiger partial charge in [0.15, 0.2) is 18.1 Å². The van der Waals surface area contributed by atoms with Crippen molar-refractivity contribution in [1.82, 2.24) is 0 Å². The fourth-order valence-corrected chi connectivity index (χ4v) is 1.80. The molecule has 110 valence electrons. The minimum atomic E-state index is -0.327. The number of methoxy groups -OCH3 is 1. The Morgan fingerprint density at radius 1 is 1.19 bits per heavy atom. The molecule has 0 fully saturated rings. The Kier molecular flexibility index (Phi) is 4.77. The number of nitrogens with one attached hydrogen (secondary N) is 1. The molecule has 4 nitrogen and oxygen atoms in total. The fraction of sp³-hybridized carbons (Fsp3) is 0.188. The standard InChI is InChI=1S/C16H16FNO3/c1-11-9-12(7-8-13(11)17)18-16(19)10-21-15-6-4-3-5-14(15)20-2/h3-9H,10H2,1-2H3,(H,18,19). The number of amides is 1. The van der Waals surface area contributed by atoms with Gasteiger partial charge in [0, 0.05) is 5.69 Å². The number of carbonyl (C=O) groups is 1. The summed E-state index contributed by atoms with van der Waals surface area (Å²) in [6, 6.07) is 11.4. The summed E-state index contributed by atoms with van der Waals surface area (Å²) in [5.74, 6) is 0.415. The highest BCUT2D eigenvalue weighted by molar-refractivity contribution is 5.91. The number of carbonyl (C=O) groups excluding carboxylic acids is 1. The second-order valence-corrected chi connectivity index (χ2v) is 4.45. The molecule has 2 rings (SSSR count). The van der Waals surface area contributed by atoms with Crippen molar-refractivity contribution >= 4 is 11.6 Å². The Morgan fingerprint density at radius 2 is 1.90 bits per heavy atom. The van der Waals surface area contributed by atoms with Gasteiger partial charge in [-0.3, -0.25) is 4.79 Å². The van der Waals surface area contributed by atoms with Gasteiger partial charge in [0.2, 0.25) is 0 Å². The normalized spacial score (nSPS) is 10.0. The Bertz CT molecular complexity index is 643. The first-order valence-electron chi connectivity index (χ1n) is 6.42. The summed E-state index contributed by atoms with van der Waals surface area (Å²) in [4.78, 5) is 11.8. The zero-order chi connectivity index (χ0) is 15.2. The van der Waals surface area contributed by atoms with Crippen molar-refractivity contribution in [3.05, 3.63) is 53.8 Å². The predicted octanol–water partition coefficient (Wildman–Crippen LogP) is 3.16. The molecule has 0 saturated heterocycles. The van der Waals surface area contributed by atoms with Crippen LogP contribution >= 0.6 is 0 Å². The first kappa shape index (κ1) is 14.8. The molecule has 0 aliphatic heterocycles. The average Bonchev–Trinajstić information content (AvgIpc) is 2.49. The van der Waals surface area contributed by atoms with Crippen molar-refractivity contribution < 1.29 is 18.7 Å². The molecule has 0 aliphatic rings. The van der Waals surface area contributed by atoms with Crippen LogP contribution in [0.2, 0.25) is 0 Å². The molecule has 21 heavy (non-hydrogen) atoms. The smallest absolute Gasteiger partial charge is 0.262 e. The second kappa shape index (κ2) is 6.74. The Balaban J connectivity index is 1.94. The van der Waals surface area contributed by atoms with Crippen LogP contribution < -0.4 is 14.8 Å². The van der Waals surface area contributed by atoms with Crippen LogP contribution in [0.4, 0.5) is 10.1 Å². The van der Waals surface area contributed by atoms with Crippen molar-refractivity contribution in [2.75, 3.05) is 19.0 Å². The molecular weight excluding hydrogens is 273 g/mol. The summed E-state index contributed by atoms with van der Waals surface area (Å²) in [6.45, 7) is 1.48. The highest BCUT2D eigenvalue weighted by Crippen LogP contribution is 2.25. The van der Waals surface area contributed by atoms with Crippen LogP contribution in [0.5, 0.6) is 11.5 Å². The van der Waals surface area contributed by atoms with Crippen molar-refractivity contribution in [2.45, 2.75) is 6.92 Å². The quantitative estimate of drug-likeness (QED) is 0.919. The van der Waals surface area contributed by atoms with Gasteiger partial charge in [0.05, 0.1) is 7.11 Å². The van der Waals surface area contributed by atoms with E-state index in [1.807, 2.05) is 6.07 Å². The van der Waals surface area contributed by atoms with Gasteiger partial charge in [-0.15, -0.1) is 0 Å². The number of aryl methyl sites for hydroxylation is 1. The van der Waals surface area contributed by atoms with Gasteiger partial charge in [0.25, 0.3) is 5.91 Å². The minimum Gasteiger partial charge on any atom is -0.493 e. The van der Waals surface area contributed by atoms with Gasteiger partial charge in [-0.1, -0.05) is 12.1 Å². The summed E-state index contributed by atoms with van der Waals surface area (Å²) in [5, 5.41) is 2.65. The number of rotatable bonds is 5. The maximum Gasteiger partial charge on any atom is 0.262 e. The number of hydrogen-bond donors (Lipinski definition) is 1. The molecule has 1 N–H and O–H groups in total. The van der Waals surface area contributed by atoms with E-state index in [0.29, 0.717) is 22.7 Å². The number of para-hydroxylation sites is 2. The molecule has 5 heteroatoms. The molecule has 0 atom stereocenters. The van der Waals surface area contributed by atoms with Gasteiger partial charge < -0.3 is 14.8 Å². The van der Waals surface area contributed by atoms with E-state index in [1.165, 1.54) is 19.2 Å². The molecule has 2 aromatic rings. The lowest BCUT2D eigenvalue weighted by Crippen LogP contribution is -2.20. The second-order valence-electron chi connectivity index (χ2n) is 4.45. The molecule has 0 aliphatic carbocycles. The van der Waals surface area contributed by atoms with E-state index in [2.05, 4.69) is 5.32 Å². The maximum absolute atomic E-state index is 13.1. The van der Waals surface area contributed by atoms with Crippen LogP contribution in [-0.4, -0.2) is 19.6 Å². The third-order valence-corrected chi connectivity index (χ3v) is 2.87. The van der Waals surface area contributed by atoms with E-state index in [-0.39, 0.29) is 18.3 Å². The van der Waals surface area contributed by atoms with E-state index < -0.39 is 0 Å². The summed E-state index contributed by atoms with van der Waals surface area (Å²) in [6.07, 6.45) is 0. The van der Waals surface area contributed by atoms with E-state index in [4.69, 9.17) is 9.47 Å². The van der Waals surface area contributed by atoms with Gasteiger partial charge in [-0.2, -0.15) is 0 Å². The summed E-state index contributed by atoms with van der Waals surface area (Å²) in [7, 11) is 1.53. The molecule has 0 radical (unpaired) electrons. The van der Waals surface area contributed by atoms with Crippen LogP contribution in [0.25, 0.3) is 0 Å². The Morgan fingerprint density at radius 3 is 2.57 bits per heavy atom. The van der Waals surface area contributed by atoms with E-state index in [0.717, 1.165) is 0 Å². The maximum atomic E-state index is 13.1. The summed E-state index contributed by atoms with van der Waals surface area (Å²) < 4.78 is 23.7. The van der Waals surface area contributed by atoms with Crippen LogP contribution in [0, 0.1) is 12.7 Å². The zero-order valence-electron chi connectivity index (χ0n) is 11.9. The number of anilines is 1. The van der Waals surface area contributed by atoms with Crippen LogP contribution in [-0.2, 0) is 4.79 Å². The van der Waals surface area contributed by atoms with E-state index in [1.54, 1.807) is 31.2 Å². The van der Waals surface area contributed by atoms with Crippen molar-refractivity contribution in [3.8, 4) is 11.5 Å². The Labute approximate surface area is 122 Å². The van der Waals surface area contributed by atoms with Crippen LogP contribution in [0.1, 0.15) is 5.56 Å². The van der Waals surface area contributed by atoms with E-state index >= 15 is 0 Å². The molecule has 0 unspecified atom stereocenters. The van der Waals surface area contributed by atoms with Crippen LogP contribution in [0.3, 0.4) is 0 Å². The lowest BCUT2D eigenvalue weighted by atomic mass is 10.2. The highest BCUT2D eigenvalue weighted by Gasteiger charge is 2.08. The molecule has 0 bridgehead atoms. The lowest BCUT2D eigenvalue weighted by Gasteiger charge is -2.10. The largest absolute Gasteiger partial charge is 0.493 e. The van der Waals surface area contributed by atoms with Gasteiger partial charge >= 0.3 is 0 Å². The molecule has 0 aromatic heterocycles. The van der Waals surface area contributed by atoms with Crippen molar-refractivity contribution in [2.24, 2.45) is 0 Å². The van der Waals surface area contributed by atoms with Gasteiger partial charge in [-0.25, -0.2) is 4.39 Å². The van der Waals surface area contributed by atoms with Gasteiger partial charge in [-0.05, 0) is 42.8 Å². The molecular formula is C16H16FNO3. The molecule has 0 spiro atoms. The average molecular weight is 289 g/mol. The monoisotopic (exact) mass is 289 g/mol. The summed E-state index contributed by atoms with van der Waals surface area (Å²) in [5.41, 5.74) is 1.00. The number of ether oxygens (including phenoxy) is 2. The third-order valence-electron chi connectivity index (χ3n) is 2.87. The lowest BCUT2D eigenvalue weighted by molar-refractivity contribution is -0.118. The number of benzene rings is 2. The third kappa shape index (κ3) is 3.95. The van der Waals surface area contributed by atoms with Crippen molar-refractivity contribution in [3.63, 3.8) is 0 Å². The molecule has 2 aromatic carbocycles. The molecule has 0 heterocycles. The SMILES string of the molecule is COc1ccccc1OCC(=O)Nc1ccc(F)c(C)c1.